The van der Waals surface area contributed by atoms with E-state index in [1.807, 2.05) is 42.5 Å². The van der Waals surface area contributed by atoms with E-state index in [2.05, 4.69) is 46.3 Å². The molecule has 1 spiro atoms. The van der Waals surface area contributed by atoms with Crippen LogP contribution in [0.2, 0.25) is 0 Å². The van der Waals surface area contributed by atoms with Crippen molar-refractivity contribution in [3.8, 4) is 22.3 Å². The van der Waals surface area contributed by atoms with E-state index in [0.717, 1.165) is 33.5 Å². The van der Waals surface area contributed by atoms with Gasteiger partial charge in [-0.3, -0.25) is 10.1 Å². The van der Waals surface area contributed by atoms with Gasteiger partial charge in [0, 0.05) is 24.2 Å². The van der Waals surface area contributed by atoms with Gasteiger partial charge >= 0.3 is 6.03 Å². The number of carbonyl (C=O) groups excluding carboxylic acids is 2. The van der Waals surface area contributed by atoms with Crippen LogP contribution in [0, 0.1) is 0 Å². The van der Waals surface area contributed by atoms with Crippen molar-refractivity contribution in [3.05, 3.63) is 78.4 Å². The molecule has 5 heteroatoms. The second-order valence-electron chi connectivity index (χ2n) is 7.17. The summed E-state index contributed by atoms with van der Waals surface area (Å²) in [6.07, 6.45) is 0.510. The number of amides is 3. The van der Waals surface area contributed by atoms with Gasteiger partial charge in [0.1, 0.15) is 5.54 Å². The molecule has 28 heavy (non-hydrogen) atoms. The predicted molar refractivity (Wildman–Crippen MR) is 109 cm³/mol. The zero-order chi connectivity index (χ0) is 19.1. The number of hydrogen-bond acceptors (Lipinski definition) is 3. The van der Waals surface area contributed by atoms with Crippen LogP contribution in [0.1, 0.15) is 12.0 Å². The van der Waals surface area contributed by atoms with Gasteiger partial charge in [0.05, 0.1) is 0 Å². The maximum absolute atomic E-state index is 12.7. The zero-order valence-corrected chi connectivity index (χ0v) is 15.2. The molecule has 5 rings (SSSR count). The summed E-state index contributed by atoms with van der Waals surface area (Å²) in [5.41, 5.74) is 4.95. The Balaban J connectivity index is 1.78. The molecule has 138 valence electrons. The number of urea groups is 1. The highest BCUT2D eigenvalue weighted by Crippen LogP contribution is 2.44. The first-order valence-corrected chi connectivity index (χ1v) is 9.34. The third kappa shape index (κ3) is 2.47. The third-order valence-electron chi connectivity index (χ3n) is 5.54. The fourth-order valence-corrected chi connectivity index (χ4v) is 4.19. The fraction of sp³-hybridized carbons (Fsp3) is 0.130. The van der Waals surface area contributed by atoms with E-state index in [1.165, 1.54) is 0 Å². The number of fused-ring (bicyclic) bond motifs is 2. The van der Waals surface area contributed by atoms with Crippen LogP contribution in [0.3, 0.4) is 0 Å². The van der Waals surface area contributed by atoms with E-state index in [4.69, 9.17) is 0 Å². The minimum Gasteiger partial charge on any atom is -0.385 e. The van der Waals surface area contributed by atoms with E-state index in [1.54, 1.807) is 0 Å². The van der Waals surface area contributed by atoms with Crippen molar-refractivity contribution in [2.75, 3.05) is 11.9 Å². The van der Waals surface area contributed by atoms with E-state index >= 15 is 0 Å². The molecule has 5 nitrogen and oxygen atoms in total. The lowest BCUT2D eigenvalue weighted by Crippen LogP contribution is -2.48. The number of nitrogens with one attached hydrogen (secondary N) is 3. The Morgan fingerprint density at radius 3 is 1.96 bits per heavy atom. The van der Waals surface area contributed by atoms with Crippen LogP contribution in [0.4, 0.5) is 10.5 Å². The first-order chi connectivity index (χ1) is 13.7. The van der Waals surface area contributed by atoms with Gasteiger partial charge in [0.15, 0.2) is 0 Å². The molecule has 1 fully saturated rings. The Kier molecular flexibility index (Phi) is 3.69. The molecular weight excluding hydrogens is 350 g/mol. The highest BCUT2D eigenvalue weighted by atomic mass is 16.2. The molecule has 2 aliphatic heterocycles. The molecule has 0 saturated carbocycles. The van der Waals surface area contributed by atoms with Gasteiger partial charge < -0.3 is 10.6 Å². The van der Waals surface area contributed by atoms with Crippen LogP contribution < -0.4 is 16.0 Å². The monoisotopic (exact) mass is 369 g/mol. The van der Waals surface area contributed by atoms with Crippen molar-refractivity contribution in [2.24, 2.45) is 0 Å². The Hall–Kier alpha value is -3.60. The summed E-state index contributed by atoms with van der Waals surface area (Å²) in [7, 11) is 0. The molecule has 0 radical (unpaired) electrons. The minimum atomic E-state index is -1.02. The van der Waals surface area contributed by atoms with Gasteiger partial charge in [0.2, 0.25) is 0 Å². The van der Waals surface area contributed by atoms with Crippen molar-refractivity contribution in [1.82, 2.24) is 10.6 Å². The quantitative estimate of drug-likeness (QED) is 0.601. The summed E-state index contributed by atoms with van der Waals surface area (Å²) in [5, 5.41) is 8.69. The smallest absolute Gasteiger partial charge is 0.322 e. The standard InChI is InChI=1S/C23H19N3O2/c27-21-23(26-22(28)25-21)11-12-24-20-14-18(16-9-5-2-6-10-16)17(13-19(20)23)15-7-3-1-4-8-15/h1-10,13-14,24H,11-12H2,(H2,25,26,27,28). The first-order valence-electron chi connectivity index (χ1n) is 9.34. The normalized spacial score (nSPS) is 20.3. The van der Waals surface area contributed by atoms with Gasteiger partial charge in [-0.1, -0.05) is 60.7 Å². The third-order valence-corrected chi connectivity index (χ3v) is 5.54. The van der Waals surface area contributed by atoms with Crippen molar-refractivity contribution in [1.29, 1.82) is 0 Å². The van der Waals surface area contributed by atoms with E-state index in [9.17, 15) is 9.59 Å². The van der Waals surface area contributed by atoms with E-state index in [0.29, 0.717) is 13.0 Å². The minimum absolute atomic E-state index is 0.285. The van der Waals surface area contributed by atoms with Crippen LogP contribution >= 0.6 is 0 Å². The van der Waals surface area contributed by atoms with Crippen molar-refractivity contribution >= 4 is 17.6 Å². The van der Waals surface area contributed by atoms with Gasteiger partial charge in [-0.25, -0.2) is 4.79 Å². The van der Waals surface area contributed by atoms with Gasteiger partial charge in [-0.15, -0.1) is 0 Å². The average Bonchev–Trinajstić information content (AvgIpc) is 3.02. The summed E-state index contributed by atoms with van der Waals surface area (Å²) < 4.78 is 0. The van der Waals surface area contributed by atoms with Crippen LogP contribution in [0.5, 0.6) is 0 Å². The zero-order valence-electron chi connectivity index (χ0n) is 15.2. The molecule has 2 heterocycles. The summed E-state index contributed by atoms with van der Waals surface area (Å²) in [6.45, 7) is 0.611. The molecule has 2 aliphatic rings. The molecule has 3 aromatic carbocycles. The van der Waals surface area contributed by atoms with Gasteiger partial charge in [-0.2, -0.15) is 0 Å². The second kappa shape index (κ2) is 6.23. The number of benzene rings is 3. The van der Waals surface area contributed by atoms with Crippen LogP contribution in [-0.2, 0) is 10.3 Å². The van der Waals surface area contributed by atoms with Crippen molar-refractivity contribution in [2.45, 2.75) is 12.0 Å². The van der Waals surface area contributed by atoms with Crippen molar-refractivity contribution in [3.63, 3.8) is 0 Å². The number of anilines is 1. The highest BCUT2D eigenvalue weighted by Gasteiger charge is 2.50. The van der Waals surface area contributed by atoms with E-state index in [-0.39, 0.29) is 5.91 Å². The maximum Gasteiger partial charge on any atom is 0.322 e. The molecule has 0 bridgehead atoms. The maximum atomic E-state index is 12.7. The Bertz CT molecular complexity index is 1080. The Morgan fingerprint density at radius 2 is 1.39 bits per heavy atom. The Morgan fingerprint density at radius 1 is 0.786 bits per heavy atom. The SMILES string of the molecule is O=C1NC(=O)C2(CCNc3cc(-c4ccccc4)c(-c4ccccc4)cc32)N1. The lowest BCUT2D eigenvalue weighted by Gasteiger charge is -2.34. The molecule has 3 aromatic rings. The molecular formula is C23H19N3O2. The molecule has 3 amide bonds. The van der Waals surface area contributed by atoms with Crippen molar-refractivity contribution < 1.29 is 9.59 Å². The predicted octanol–water partition coefficient (Wildman–Crippen LogP) is 3.87. The highest BCUT2D eigenvalue weighted by molar-refractivity contribution is 6.09. The lowest BCUT2D eigenvalue weighted by molar-refractivity contribution is -0.124. The van der Waals surface area contributed by atoms with E-state index < -0.39 is 11.6 Å². The fourth-order valence-electron chi connectivity index (χ4n) is 4.19. The molecule has 1 unspecified atom stereocenters. The van der Waals surface area contributed by atoms with Gasteiger partial charge in [0.25, 0.3) is 5.91 Å². The molecule has 0 aromatic heterocycles. The largest absolute Gasteiger partial charge is 0.385 e. The molecule has 3 N–H and O–H groups in total. The lowest BCUT2D eigenvalue weighted by atomic mass is 9.79. The molecule has 1 atom stereocenters. The Labute approximate surface area is 162 Å². The second-order valence-corrected chi connectivity index (χ2v) is 7.17. The topological polar surface area (TPSA) is 70.2 Å². The summed E-state index contributed by atoms with van der Waals surface area (Å²) >= 11 is 0. The number of hydrogen-bond donors (Lipinski definition) is 3. The average molecular weight is 369 g/mol. The number of rotatable bonds is 2. The summed E-state index contributed by atoms with van der Waals surface area (Å²) in [6, 6.07) is 24.0. The van der Waals surface area contributed by atoms with Crippen LogP contribution in [0.15, 0.2) is 72.8 Å². The summed E-state index contributed by atoms with van der Waals surface area (Å²) in [5.74, 6) is -0.285. The molecule has 0 aliphatic carbocycles. The van der Waals surface area contributed by atoms with Gasteiger partial charge in [-0.05, 0) is 34.4 Å². The number of carbonyl (C=O) groups is 2. The molecule has 1 saturated heterocycles. The van der Waals surface area contributed by atoms with Crippen LogP contribution in [0.25, 0.3) is 22.3 Å². The number of imide groups is 1. The first kappa shape index (κ1) is 16.6. The summed E-state index contributed by atoms with van der Waals surface area (Å²) in [4.78, 5) is 24.6. The van der Waals surface area contributed by atoms with Crippen LogP contribution in [-0.4, -0.2) is 18.5 Å².